The van der Waals surface area contributed by atoms with Gasteiger partial charge in [0.05, 0.1) is 0 Å². The molecule has 0 spiro atoms. The van der Waals surface area contributed by atoms with Crippen LogP contribution in [0.2, 0.25) is 0 Å². The number of rotatable bonds is 3. The van der Waals surface area contributed by atoms with Gasteiger partial charge in [-0.05, 0) is 52.7 Å². The van der Waals surface area contributed by atoms with E-state index >= 15 is 0 Å². The Balaban J connectivity index is 1.80. The molecule has 3 rings (SSSR count). The third kappa shape index (κ3) is 2.74. The number of pyridine rings is 1. The number of aliphatic carboxylic acids is 1. The fraction of sp³-hybridized carbons (Fsp3) is 0.600. The van der Waals surface area contributed by atoms with Gasteiger partial charge in [-0.15, -0.1) is 0 Å². The normalized spacial score (nSPS) is 30.1. The number of aromatic nitrogens is 1. The Hall–Kier alpha value is -0.940. The number of halogens is 1. The van der Waals surface area contributed by atoms with E-state index in [0.29, 0.717) is 18.5 Å². The Kier molecular flexibility index (Phi) is 4.08. The first-order valence-electron chi connectivity index (χ1n) is 7.24. The van der Waals surface area contributed by atoms with Crippen LogP contribution in [-0.2, 0) is 11.3 Å². The van der Waals surface area contributed by atoms with Gasteiger partial charge in [-0.2, -0.15) is 0 Å². The van der Waals surface area contributed by atoms with Crippen molar-refractivity contribution in [1.29, 1.82) is 0 Å². The largest absolute Gasteiger partial charge is 0.480 e. The Labute approximate surface area is 127 Å². The van der Waals surface area contributed by atoms with Crippen LogP contribution in [0.15, 0.2) is 22.9 Å². The van der Waals surface area contributed by atoms with E-state index in [1.165, 1.54) is 19.3 Å². The molecule has 3 atom stereocenters. The Bertz CT molecular complexity index is 491. The molecule has 1 aliphatic heterocycles. The van der Waals surface area contributed by atoms with Gasteiger partial charge < -0.3 is 5.11 Å². The minimum atomic E-state index is -0.676. The van der Waals surface area contributed by atoms with Crippen LogP contribution in [0.3, 0.4) is 0 Å². The average Bonchev–Trinajstić information content (AvgIpc) is 2.81. The van der Waals surface area contributed by atoms with Crippen LogP contribution >= 0.6 is 15.9 Å². The summed E-state index contributed by atoms with van der Waals surface area (Å²) in [7, 11) is 0. The molecular weight excluding hydrogens is 320 g/mol. The molecule has 1 saturated carbocycles. The van der Waals surface area contributed by atoms with Crippen LogP contribution in [-0.4, -0.2) is 33.0 Å². The molecule has 1 N–H and O–H groups in total. The van der Waals surface area contributed by atoms with Crippen molar-refractivity contribution >= 4 is 21.9 Å². The van der Waals surface area contributed by atoms with Gasteiger partial charge in [0.2, 0.25) is 0 Å². The Morgan fingerprint density at radius 1 is 1.40 bits per heavy atom. The van der Waals surface area contributed by atoms with Crippen molar-refractivity contribution in [3.05, 3.63) is 28.5 Å². The molecule has 1 aromatic heterocycles. The van der Waals surface area contributed by atoms with Gasteiger partial charge in [0.25, 0.3) is 0 Å². The van der Waals surface area contributed by atoms with Crippen molar-refractivity contribution in [1.82, 2.24) is 9.88 Å². The van der Waals surface area contributed by atoms with Crippen LogP contribution in [0.4, 0.5) is 0 Å². The van der Waals surface area contributed by atoms with Crippen molar-refractivity contribution in [2.45, 2.75) is 50.7 Å². The van der Waals surface area contributed by atoms with Crippen LogP contribution in [0.1, 0.15) is 37.7 Å². The Morgan fingerprint density at radius 3 is 2.90 bits per heavy atom. The van der Waals surface area contributed by atoms with E-state index < -0.39 is 5.97 Å². The van der Waals surface area contributed by atoms with E-state index in [-0.39, 0.29) is 6.04 Å². The second-order valence-electron chi connectivity index (χ2n) is 5.86. The van der Waals surface area contributed by atoms with Gasteiger partial charge in [-0.3, -0.25) is 9.69 Å². The predicted octanol–water partition coefficient (Wildman–Crippen LogP) is 3.06. The SMILES string of the molecule is O=C(O)[C@@H]1C[C@@H]2CCCC[C@@H]2N1Cc1ccc(Br)nc1. The summed E-state index contributed by atoms with van der Waals surface area (Å²) in [5.41, 5.74) is 1.09. The molecule has 2 heterocycles. The Morgan fingerprint density at radius 2 is 2.20 bits per heavy atom. The van der Waals surface area contributed by atoms with Crippen LogP contribution in [0.25, 0.3) is 0 Å². The molecule has 0 bridgehead atoms. The summed E-state index contributed by atoms with van der Waals surface area (Å²) in [6, 6.07) is 4.05. The number of carbonyl (C=O) groups is 1. The summed E-state index contributed by atoms with van der Waals surface area (Å²) in [5, 5.41) is 9.49. The molecule has 5 heteroatoms. The molecule has 1 aromatic rings. The summed E-state index contributed by atoms with van der Waals surface area (Å²) >= 11 is 3.33. The summed E-state index contributed by atoms with van der Waals surface area (Å²) < 4.78 is 0.813. The monoisotopic (exact) mass is 338 g/mol. The molecule has 4 nitrogen and oxygen atoms in total. The number of carboxylic acids is 1. The van der Waals surface area contributed by atoms with E-state index in [1.807, 2.05) is 18.3 Å². The van der Waals surface area contributed by atoms with Crippen molar-refractivity contribution in [2.24, 2.45) is 5.92 Å². The molecule has 0 aromatic carbocycles. The second-order valence-corrected chi connectivity index (χ2v) is 6.68. The third-order valence-electron chi connectivity index (χ3n) is 4.66. The fourth-order valence-corrected chi connectivity index (χ4v) is 3.97. The highest BCUT2D eigenvalue weighted by atomic mass is 79.9. The zero-order chi connectivity index (χ0) is 14.1. The lowest BCUT2D eigenvalue weighted by atomic mass is 9.84. The quantitative estimate of drug-likeness (QED) is 0.860. The number of nitrogens with zero attached hydrogens (tertiary/aromatic N) is 2. The molecule has 20 heavy (non-hydrogen) atoms. The number of hydrogen-bond acceptors (Lipinski definition) is 3. The van der Waals surface area contributed by atoms with Crippen molar-refractivity contribution in [2.75, 3.05) is 0 Å². The highest BCUT2D eigenvalue weighted by Crippen LogP contribution is 2.40. The average molecular weight is 339 g/mol. The fourth-order valence-electron chi connectivity index (χ4n) is 3.73. The number of likely N-dealkylation sites (tertiary alicyclic amines) is 1. The summed E-state index contributed by atoms with van der Waals surface area (Å²) in [6.45, 7) is 0.693. The van der Waals surface area contributed by atoms with Crippen molar-refractivity contribution in [3.63, 3.8) is 0 Å². The molecule has 2 aliphatic rings. The lowest BCUT2D eigenvalue weighted by Crippen LogP contribution is -2.41. The first-order valence-corrected chi connectivity index (χ1v) is 8.03. The van der Waals surface area contributed by atoms with E-state index in [9.17, 15) is 9.90 Å². The summed E-state index contributed by atoms with van der Waals surface area (Å²) in [4.78, 5) is 18.0. The molecule has 1 aliphatic carbocycles. The van der Waals surface area contributed by atoms with Gasteiger partial charge in [0.1, 0.15) is 10.6 Å². The third-order valence-corrected chi connectivity index (χ3v) is 5.13. The molecule has 0 unspecified atom stereocenters. The summed E-state index contributed by atoms with van der Waals surface area (Å²) in [5.74, 6) is -0.113. The van der Waals surface area contributed by atoms with Crippen molar-refractivity contribution in [3.8, 4) is 0 Å². The van der Waals surface area contributed by atoms with Gasteiger partial charge in [-0.25, -0.2) is 4.98 Å². The smallest absolute Gasteiger partial charge is 0.320 e. The van der Waals surface area contributed by atoms with Crippen LogP contribution in [0, 0.1) is 5.92 Å². The summed E-state index contributed by atoms with van der Waals surface area (Å²) in [6.07, 6.45) is 7.44. The van der Waals surface area contributed by atoms with Crippen LogP contribution < -0.4 is 0 Å². The highest BCUT2D eigenvalue weighted by molar-refractivity contribution is 9.10. The lowest BCUT2D eigenvalue weighted by Gasteiger charge is -2.32. The topological polar surface area (TPSA) is 53.4 Å². The molecule has 1 saturated heterocycles. The van der Waals surface area contributed by atoms with Gasteiger partial charge in [0.15, 0.2) is 0 Å². The zero-order valence-electron chi connectivity index (χ0n) is 11.3. The first kappa shape index (κ1) is 14.0. The van der Waals surface area contributed by atoms with Crippen molar-refractivity contribution < 1.29 is 9.90 Å². The zero-order valence-corrected chi connectivity index (χ0v) is 12.9. The van der Waals surface area contributed by atoms with E-state index in [2.05, 4.69) is 25.8 Å². The first-order chi connectivity index (χ1) is 9.65. The standard InChI is InChI=1S/C15H19BrN2O2/c16-14-6-5-10(8-17-14)9-18-12-4-2-1-3-11(12)7-13(18)15(19)20/h5-6,8,11-13H,1-4,7,9H2,(H,19,20)/t11-,12-,13-/m0/s1. The molecule has 0 amide bonds. The second kappa shape index (κ2) is 5.82. The lowest BCUT2D eigenvalue weighted by molar-refractivity contribution is -0.142. The molecule has 0 radical (unpaired) electrons. The maximum Gasteiger partial charge on any atom is 0.320 e. The molecule has 2 fully saturated rings. The highest BCUT2D eigenvalue weighted by Gasteiger charge is 2.44. The van der Waals surface area contributed by atoms with Gasteiger partial charge in [0, 0.05) is 18.8 Å². The number of fused-ring (bicyclic) bond motifs is 1. The van der Waals surface area contributed by atoms with Gasteiger partial charge in [-0.1, -0.05) is 18.9 Å². The minimum absolute atomic E-state index is 0.327. The van der Waals surface area contributed by atoms with E-state index in [4.69, 9.17) is 0 Å². The maximum absolute atomic E-state index is 11.5. The van der Waals surface area contributed by atoms with E-state index in [1.54, 1.807) is 0 Å². The number of carboxylic acid groups (broad SMARTS) is 1. The van der Waals surface area contributed by atoms with Gasteiger partial charge >= 0.3 is 5.97 Å². The maximum atomic E-state index is 11.5. The van der Waals surface area contributed by atoms with Crippen LogP contribution in [0.5, 0.6) is 0 Å². The number of hydrogen-bond donors (Lipinski definition) is 1. The minimum Gasteiger partial charge on any atom is -0.480 e. The predicted molar refractivity (Wildman–Crippen MR) is 79.3 cm³/mol. The van der Waals surface area contributed by atoms with E-state index in [0.717, 1.165) is 23.0 Å². The molecule has 108 valence electrons. The molecular formula is C15H19BrN2O2.